The second-order valence-corrected chi connectivity index (χ2v) is 9.92. The first-order valence-electron chi connectivity index (χ1n) is 13.1. The van der Waals surface area contributed by atoms with Crippen LogP contribution in [0.25, 0.3) is 33.7 Å². The van der Waals surface area contributed by atoms with Crippen molar-refractivity contribution in [1.82, 2.24) is 10.1 Å². The van der Waals surface area contributed by atoms with Crippen LogP contribution in [-0.2, 0) is 4.79 Å². The van der Waals surface area contributed by atoms with Crippen molar-refractivity contribution in [3.63, 3.8) is 0 Å². The zero-order valence-corrected chi connectivity index (χ0v) is 22.4. The van der Waals surface area contributed by atoms with Gasteiger partial charge in [-0.2, -0.15) is 13.2 Å². The van der Waals surface area contributed by atoms with Crippen molar-refractivity contribution >= 4 is 5.97 Å². The molecule has 0 amide bonds. The van der Waals surface area contributed by atoms with Crippen molar-refractivity contribution in [2.75, 3.05) is 19.6 Å². The van der Waals surface area contributed by atoms with Crippen LogP contribution in [0.2, 0.25) is 0 Å². The van der Waals surface area contributed by atoms with E-state index in [1.807, 2.05) is 56.3 Å². The molecule has 40 heavy (non-hydrogen) atoms. The van der Waals surface area contributed by atoms with Crippen LogP contribution in [0.3, 0.4) is 0 Å². The topological polar surface area (TPSA) is 64.8 Å². The summed E-state index contributed by atoms with van der Waals surface area (Å²) in [5, 5.41) is 4.42. The number of benzene rings is 3. The van der Waals surface area contributed by atoms with Gasteiger partial charge in [-0.25, -0.2) is 4.79 Å². The van der Waals surface area contributed by atoms with Crippen molar-refractivity contribution in [2.24, 2.45) is 0 Å². The van der Waals surface area contributed by atoms with E-state index in [2.05, 4.69) is 21.7 Å². The largest absolute Gasteiger partial charge is 0.491 e. The lowest BCUT2D eigenvalue weighted by molar-refractivity contribution is -0.189. The Morgan fingerprint density at radius 1 is 0.975 bits per heavy atom. The second kappa shape index (κ2) is 11.2. The number of aromatic nitrogens is 1. The number of alkyl halides is 3. The van der Waals surface area contributed by atoms with Crippen LogP contribution >= 0.6 is 0 Å². The van der Waals surface area contributed by atoms with E-state index >= 15 is 0 Å². The summed E-state index contributed by atoms with van der Waals surface area (Å²) >= 11 is 0. The van der Waals surface area contributed by atoms with Crippen LogP contribution in [-0.4, -0.2) is 47.9 Å². The molecule has 1 saturated heterocycles. The van der Waals surface area contributed by atoms with Gasteiger partial charge in [0.1, 0.15) is 23.3 Å². The molecule has 1 aliphatic heterocycles. The van der Waals surface area contributed by atoms with E-state index in [1.54, 1.807) is 0 Å². The van der Waals surface area contributed by atoms with E-state index < -0.39 is 12.1 Å². The van der Waals surface area contributed by atoms with Gasteiger partial charge in [-0.05, 0) is 79.9 Å². The molecule has 9 heteroatoms. The maximum atomic E-state index is 12.6. The zero-order valence-electron chi connectivity index (χ0n) is 22.4. The summed E-state index contributed by atoms with van der Waals surface area (Å²) in [6, 6.07) is 19.3. The fourth-order valence-electron chi connectivity index (χ4n) is 4.77. The number of hydrogen-bond acceptors (Lipinski definition) is 6. The molecule has 1 aromatic heterocycles. The summed E-state index contributed by atoms with van der Waals surface area (Å²) in [4.78, 5) is 13.6. The number of ether oxygens (including phenoxy) is 2. The van der Waals surface area contributed by atoms with Gasteiger partial charge in [0.15, 0.2) is 5.76 Å². The number of carbonyl (C=O) groups excluding carboxylic acids is 1. The molecule has 0 radical (unpaired) electrons. The number of halogens is 3. The van der Waals surface area contributed by atoms with Crippen LogP contribution in [0.15, 0.2) is 71.3 Å². The molecule has 1 fully saturated rings. The first-order valence-corrected chi connectivity index (χ1v) is 13.1. The smallest absolute Gasteiger partial charge is 0.488 e. The van der Waals surface area contributed by atoms with E-state index in [9.17, 15) is 18.0 Å². The number of aryl methyl sites for hydroxylation is 1. The van der Waals surface area contributed by atoms with Gasteiger partial charge in [0.25, 0.3) is 0 Å². The number of nitrogens with zero attached hydrogens (tertiary/aromatic N) is 2. The lowest BCUT2D eigenvalue weighted by Gasteiger charge is -2.38. The van der Waals surface area contributed by atoms with E-state index in [4.69, 9.17) is 9.26 Å². The van der Waals surface area contributed by atoms with E-state index in [0.717, 1.165) is 59.6 Å². The summed E-state index contributed by atoms with van der Waals surface area (Å²) in [5.74, 6) is -1.29. The number of likely N-dealkylation sites (tertiary alicyclic amines) is 1. The Morgan fingerprint density at radius 3 is 2.27 bits per heavy atom. The molecule has 208 valence electrons. The van der Waals surface area contributed by atoms with Gasteiger partial charge in [0, 0.05) is 24.2 Å². The molecule has 4 aromatic rings. The minimum absolute atomic E-state index is 0.166. The molecule has 0 atom stereocenters. The summed E-state index contributed by atoms with van der Waals surface area (Å²) in [7, 11) is 0. The first kappa shape index (κ1) is 27.5. The fourth-order valence-corrected chi connectivity index (χ4v) is 4.77. The van der Waals surface area contributed by atoms with Gasteiger partial charge < -0.3 is 14.0 Å². The average Bonchev–Trinajstić information content (AvgIpc) is 3.34. The standard InChI is InChI=1S/C31H29F3N2O4/c1-4-16-36-17-25(18-36)38-23-12-8-21(9-13-23)27-28(26-7-5-6-19(2)20(26)3)35-40-29(27)22-10-14-24(15-11-22)39-30(37)31(32,33)34/h5-15,25H,4,16-18H2,1-3H3. The van der Waals surface area contributed by atoms with Gasteiger partial charge in [-0.15, -0.1) is 0 Å². The van der Waals surface area contributed by atoms with Crippen molar-refractivity contribution in [2.45, 2.75) is 39.5 Å². The molecule has 0 N–H and O–H groups in total. The van der Waals surface area contributed by atoms with Gasteiger partial charge in [0.2, 0.25) is 0 Å². The van der Waals surface area contributed by atoms with Crippen molar-refractivity contribution in [3.05, 3.63) is 77.9 Å². The first-order chi connectivity index (χ1) is 19.1. The molecule has 0 saturated carbocycles. The third kappa shape index (κ3) is 5.74. The Balaban J connectivity index is 1.47. The highest BCUT2D eigenvalue weighted by Crippen LogP contribution is 2.42. The highest BCUT2D eigenvalue weighted by Gasteiger charge is 2.41. The predicted molar refractivity (Wildman–Crippen MR) is 145 cm³/mol. The maximum Gasteiger partial charge on any atom is 0.491 e. The maximum absolute atomic E-state index is 12.6. The van der Waals surface area contributed by atoms with E-state index in [1.165, 1.54) is 24.3 Å². The normalized spacial score (nSPS) is 14.2. The summed E-state index contributed by atoms with van der Waals surface area (Å²) in [6.45, 7) is 9.10. The molecule has 0 unspecified atom stereocenters. The third-order valence-electron chi connectivity index (χ3n) is 7.02. The number of hydrogen-bond donors (Lipinski definition) is 0. The number of rotatable bonds is 8. The minimum Gasteiger partial charge on any atom is -0.488 e. The van der Waals surface area contributed by atoms with Crippen LogP contribution in [0.1, 0.15) is 24.5 Å². The Labute approximate surface area is 230 Å². The van der Waals surface area contributed by atoms with Gasteiger partial charge in [-0.3, -0.25) is 4.90 Å². The van der Waals surface area contributed by atoms with Gasteiger partial charge in [0.05, 0.1) is 5.56 Å². The van der Waals surface area contributed by atoms with Crippen LogP contribution < -0.4 is 9.47 Å². The van der Waals surface area contributed by atoms with E-state index in [-0.39, 0.29) is 11.9 Å². The Kier molecular flexibility index (Phi) is 7.67. The van der Waals surface area contributed by atoms with Crippen LogP contribution in [0.4, 0.5) is 13.2 Å². The molecule has 3 aromatic carbocycles. The lowest BCUT2D eigenvalue weighted by Crippen LogP contribution is -2.53. The number of esters is 1. The highest BCUT2D eigenvalue weighted by atomic mass is 19.4. The Bertz CT molecular complexity index is 1490. The molecule has 2 heterocycles. The highest BCUT2D eigenvalue weighted by molar-refractivity contribution is 5.91. The summed E-state index contributed by atoms with van der Waals surface area (Å²) in [6.07, 6.45) is -3.80. The predicted octanol–water partition coefficient (Wildman–Crippen LogP) is 7.23. The van der Waals surface area contributed by atoms with Gasteiger partial charge >= 0.3 is 12.1 Å². The molecule has 0 spiro atoms. The number of carbonyl (C=O) groups is 1. The Morgan fingerprint density at radius 2 is 1.62 bits per heavy atom. The SMILES string of the molecule is CCCN1CC(Oc2ccc(-c3c(-c4cccc(C)c4C)noc3-c3ccc(OC(=O)C(F)(F)F)cc3)cc2)C1. The monoisotopic (exact) mass is 550 g/mol. The molecule has 0 aliphatic carbocycles. The Hall–Kier alpha value is -4.11. The van der Waals surface area contributed by atoms with Crippen molar-refractivity contribution in [1.29, 1.82) is 0 Å². The zero-order chi connectivity index (χ0) is 28.4. The van der Waals surface area contributed by atoms with Crippen molar-refractivity contribution in [3.8, 4) is 45.2 Å². The average molecular weight is 551 g/mol. The molecule has 1 aliphatic rings. The fraction of sp³-hybridized carbons (Fsp3) is 0.290. The molecular formula is C31H29F3N2O4. The van der Waals surface area contributed by atoms with Crippen LogP contribution in [0.5, 0.6) is 11.5 Å². The van der Waals surface area contributed by atoms with E-state index in [0.29, 0.717) is 17.0 Å². The summed E-state index contributed by atoms with van der Waals surface area (Å²) in [5.41, 5.74) is 5.85. The summed E-state index contributed by atoms with van der Waals surface area (Å²) < 4.78 is 54.2. The molecule has 0 bridgehead atoms. The minimum atomic E-state index is -5.08. The van der Waals surface area contributed by atoms with Crippen molar-refractivity contribution < 1.29 is 32.0 Å². The molecular weight excluding hydrogens is 521 g/mol. The molecule has 5 rings (SSSR count). The third-order valence-corrected chi connectivity index (χ3v) is 7.02. The van der Waals surface area contributed by atoms with Gasteiger partial charge in [-0.1, -0.05) is 42.4 Å². The quantitative estimate of drug-likeness (QED) is 0.170. The second-order valence-electron chi connectivity index (χ2n) is 9.92. The van der Waals surface area contributed by atoms with Crippen LogP contribution in [0, 0.1) is 13.8 Å². The molecule has 6 nitrogen and oxygen atoms in total. The lowest BCUT2D eigenvalue weighted by atomic mass is 9.93.